The van der Waals surface area contributed by atoms with Crippen LogP contribution in [-0.2, 0) is 4.74 Å². The SMILES string of the molecule is CC(C)c1c(C(=O)N[C@H]2CCOc3ccccc32)c(=O)oc2c(-c3cc(Cl)cc(Cl)c3)cccc12.CC(C)c1c(C(=O)[O-])c(=O)oc2c(-c3cc(Cl)cc(Cl)c3)cccc12.COC(=O)c1c(C(C)C)c2cccc(-c3cc(Cl)cc(Cl)c3)c2oc1=O.N[C@H]1CCOc2ccccc21.O.[Li+].[Li+].[OH-]. The van der Waals surface area contributed by atoms with Crippen LogP contribution in [0.5, 0.6) is 11.5 Å². The van der Waals surface area contributed by atoms with Gasteiger partial charge in [0.1, 0.15) is 39.4 Å². The number of hydrogen-bond donors (Lipinski definition) is 2. The second kappa shape index (κ2) is 35.9. The molecule has 0 unspecified atom stereocenters. The van der Waals surface area contributed by atoms with Gasteiger partial charge in [-0.2, -0.15) is 0 Å². The van der Waals surface area contributed by atoms with E-state index in [0.29, 0.717) is 115 Å². The first-order chi connectivity index (χ1) is 46.3. The number of nitrogens with two attached hydrogens (primary N) is 1. The zero-order valence-electron chi connectivity index (χ0n) is 56.3. The molecule has 8 aromatic carbocycles. The summed E-state index contributed by atoms with van der Waals surface area (Å²) in [5.41, 5.74) is 11.8. The van der Waals surface area contributed by atoms with Crippen molar-refractivity contribution in [2.75, 3.05) is 20.3 Å². The first-order valence-electron chi connectivity index (χ1n) is 30.8. The van der Waals surface area contributed by atoms with E-state index in [1.807, 2.05) is 126 Å². The van der Waals surface area contributed by atoms with E-state index >= 15 is 0 Å². The summed E-state index contributed by atoms with van der Waals surface area (Å²) in [6.45, 7) is 12.6. The van der Waals surface area contributed by atoms with Gasteiger partial charge in [0.25, 0.3) is 5.91 Å². The van der Waals surface area contributed by atoms with Crippen molar-refractivity contribution in [1.82, 2.24) is 5.32 Å². The minimum Gasteiger partial charge on any atom is -0.870 e. The summed E-state index contributed by atoms with van der Waals surface area (Å²) < 4.78 is 32.6. The maximum absolute atomic E-state index is 13.5. The molecule has 3 aromatic heterocycles. The van der Waals surface area contributed by atoms with E-state index in [4.69, 9.17) is 103 Å². The summed E-state index contributed by atoms with van der Waals surface area (Å²) in [6, 6.07) is 47.0. The Morgan fingerprint density at radius 2 is 0.822 bits per heavy atom. The molecular formula is C76H66Cl6Li2N2O15. The van der Waals surface area contributed by atoms with Crippen LogP contribution in [0.4, 0.5) is 0 Å². The summed E-state index contributed by atoms with van der Waals surface area (Å²) in [6.07, 6.45) is 1.54. The first kappa shape index (κ1) is 82.2. The molecule has 0 fully saturated rings. The van der Waals surface area contributed by atoms with Gasteiger partial charge in [0.05, 0.1) is 37.9 Å². The molecule has 11 aromatic rings. The van der Waals surface area contributed by atoms with Crippen molar-refractivity contribution in [3.05, 3.63) is 264 Å². The van der Waals surface area contributed by atoms with Crippen LogP contribution in [0.1, 0.15) is 143 Å². The van der Waals surface area contributed by atoms with E-state index in [1.165, 1.54) is 7.11 Å². The predicted octanol–water partition coefficient (Wildman–Crippen LogP) is 11.5. The Labute approximate surface area is 635 Å². The number of nitrogens with one attached hydrogen (secondary N) is 1. The predicted molar refractivity (Wildman–Crippen MR) is 388 cm³/mol. The molecule has 0 radical (unpaired) electrons. The number of methoxy groups -OCH3 is 1. The minimum atomic E-state index is -1.55. The average molecular weight is 1470 g/mol. The number of ether oxygens (including phenoxy) is 3. The largest absolute Gasteiger partial charge is 1.00 e. The van der Waals surface area contributed by atoms with Crippen LogP contribution >= 0.6 is 69.6 Å². The normalized spacial score (nSPS) is 13.3. The van der Waals surface area contributed by atoms with Gasteiger partial charge in [-0.1, -0.05) is 202 Å². The van der Waals surface area contributed by atoms with Crippen LogP contribution in [0.2, 0.25) is 30.1 Å². The quantitative estimate of drug-likeness (QED) is 0.0731. The van der Waals surface area contributed by atoms with Gasteiger partial charge in [0, 0.05) is 93.0 Å². The van der Waals surface area contributed by atoms with Crippen molar-refractivity contribution in [3.63, 3.8) is 0 Å². The Morgan fingerprint density at radius 3 is 1.20 bits per heavy atom. The molecule has 0 spiro atoms. The molecule has 0 aliphatic carbocycles. The van der Waals surface area contributed by atoms with Crippen molar-refractivity contribution < 1.29 is 95.6 Å². The number of rotatable bonds is 10. The number of fused-ring (bicyclic) bond motifs is 5. The molecule has 0 saturated carbocycles. The fourth-order valence-electron chi connectivity index (χ4n) is 12.1. The molecule has 6 N–H and O–H groups in total. The molecule has 2 aliphatic heterocycles. The summed E-state index contributed by atoms with van der Waals surface area (Å²) >= 11 is 36.8. The smallest absolute Gasteiger partial charge is 0.870 e. The molecule has 101 heavy (non-hydrogen) atoms. The number of carbonyl (C=O) groups is 3. The number of carboxylic acids is 1. The van der Waals surface area contributed by atoms with Crippen molar-refractivity contribution >= 4 is 120 Å². The monoisotopic (exact) mass is 1470 g/mol. The third kappa shape index (κ3) is 18.4. The molecule has 1 amide bonds. The third-order valence-electron chi connectivity index (χ3n) is 16.3. The van der Waals surface area contributed by atoms with E-state index in [9.17, 15) is 33.9 Å². The number of esters is 1. The summed E-state index contributed by atoms with van der Waals surface area (Å²) in [5, 5.41) is 19.2. The van der Waals surface area contributed by atoms with Crippen LogP contribution in [0.3, 0.4) is 0 Å². The molecule has 13 rings (SSSR count). The minimum absolute atomic E-state index is 0. The fourth-order valence-corrected chi connectivity index (χ4v) is 13.7. The Balaban J connectivity index is 0.000000220. The van der Waals surface area contributed by atoms with Crippen LogP contribution in [0, 0.1) is 0 Å². The molecule has 2 aliphatic rings. The summed E-state index contributed by atoms with van der Waals surface area (Å²) in [5.74, 6) is -1.43. The zero-order valence-corrected chi connectivity index (χ0v) is 60.9. The van der Waals surface area contributed by atoms with Gasteiger partial charge in [-0.3, -0.25) is 4.79 Å². The number of hydrogen-bond acceptors (Lipinski definition) is 15. The van der Waals surface area contributed by atoms with Gasteiger partial charge in [0.2, 0.25) is 0 Å². The molecule has 17 nitrogen and oxygen atoms in total. The Bertz CT molecular complexity index is 5020. The van der Waals surface area contributed by atoms with Crippen molar-refractivity contribution in [3.8, 4) is 44.9 Å². The van der Waals surface area contributed by atoms with E-state index in [2.05, 4.69) is 5.32 Å². The average Bonchev–Trinajstić information content (AvgIpc) is 0.767. The van der Waals surface area contributed by atoms with Crippen molar-refractivity contribution in [2.24, 2.45) is 5.73 Å². The number of para-hydroxylation sites is 5. The zero-order chi connectivity index (χ0) is 69.7. The molecule has 2 atom stereocenters. The molecular weight excluding hydrogens is 1410 g/mol. The van der Waals surface area contributed by atoms with Crippen LogP contribution in [-0.4, -0.2) is 49.1 Å². The van der Waals surface area contributed by atoms with E-state index < -0.39 is 40.3 Å². The van der Waals surface area contributed by atoms with E-state index in [0.717, 1.165) is 46.8 Å². The Morgan fingerprint density at radius 1 is 0.485 bits per heavy atom. The molecule has 0 saturated heterocycles. The standard InChI is InChI=1S/C28H23Cl2NO4.C20H16Cl2O4.C19H14Cl2O4.C9H11NO.2Li.2H2O/c1-15(2)24-21-8-5-7-19(16-12-17(29)14-18(30)13-16)26(21)35-28(33)25(24)27(32)31-22-10-11-34-23-9-4-3-6-20(22)23;1-10(2)16-15-6-4-5-14(11-7-12(21)9-13(22)8-11)18(15)26-20(24)17(16)19(23)25-3;1-9(2)15-14-5-3-4-13(10-6-11(20)8-12(21)7-10)17(14)25-19(24)16(15)18(22)23;10-8-5-6-11-9-4-2-1-3-7(8)9;;;;/h3-9,12-15,22H,10-11H2,1-2H3,(H,31,32);4-10H,1-3H3;3-9H,1-2H3,(H,22,23);1-4,8H,5-6,10H2;;;2*1H2/q;;;;2*+1;;/p-2/t22-;;;8-;;;;/m0..0..../s1. The van der Waals surface area contributed by atoms with Gasteiger partial charge in [0.15, 0.2) is 0 Å². The number of carbonyl (C=O) groups excluding carboxylic acids is 3. The number of halogens is 6. The van der Waals surface area contributed by atoms with Crippen molar-refractivity contribution in [2.45, 2.75) is 84.2 Å². The van der Waals surface area contributed by atoms with E-state index in [-0.39, 0.29) is 89.6 Å². The van der Waals surface area contributed by atoms with Gasteiger partial charge in [-0.15, -0.1) is 0 Å². The number of carboxylic acid groups (broad SMARTS) is 1. The first-order valence-corrected chi connectivity index (χ1v) is 33.1. The van der Waals surface area contributed by atoms with E-state index in [1.54, 1.807) is 72.8 Å². The number of benzene rings is 8. The maximum Gasteiger partial charge on any atom is 1.00 e. The maximum atomic E-state index is 13.5. The molecule has 5 heterocycles. The Hall–Kier alpha value is -7.79. The Kier molecular flexibility index (Phi) is 29.2. The van der Waals surface area contributed by atoms with Crippen LogP contribution in [0.15, 0.2) is 185 Å². The fraction of sp³-hybridized carbons (Fsp3) is 0.211. The van der Waals surface area contributed by atoms with Crippen molar-refractivity contribution in [1.29, 1.82) is 0 Å². The van der Waals surface area contributed by atoms with Gasteiger partial charge in [-0.05, 0) is 118 Å². The molecule has 514 valence electrons. The second-order valence-corrected chi connectivity index (χ2v) is 26.4. The number of aromatic carboxylic acids is 1. The molecule has 25 heteroatoms. The van der Waals surface area contributed by atoms with Crippen LogP contribution in [0.25, 0.3) is 66.3 Å². The van der Waals surface area contributed by atoms with Gasteiger partial charge >= 0.3 is 60.6 Å². The molecule has 0 bridgehead atoms. The van der Waals surface area contributed by atoms with Gasteiger partial charge < -0.3 is 59.4 Å². The van der Waals surface area contributed by atoms with Gasteiger partial charge in [-0.25, -0.2) is 19.2 Å². The number of amides is 1. The topological polar surface area (TPSA) is 292 Å². The summed E-state index contributed by atoms with van der Waals surface area (Å²) in [4.78, 5) is 75.2. The third-order valence-corrected chi connectivity index (χ3v) is 17.6. The van der Waals surface area contributed by atoms with Crippen LogP contribution < -0.4 is 80.2 Å². The second-order valence-electron chi connectivity index (χ2n) is 23.8. The summed E-state index contributed by atoms with van der Waals surface area (Å²) in [7, 11) is 1.24.